The van der Waals surface area contributed by atoms with E-state index in [9.17, 15) is 9.90 Å². The lowest BCUT2D eigenvalue weighted by molar-refractivity contribution is 0.448. The van der Waals surface area contributed by atoms with Gasteiger partial charge >= 0.3 is 0 Å². The zero-order valence-corrected chi connectivity index (χ0v) is 9.41. The highest BCUT2D eigenvalue weighted by molar-refractivity contribution is 5.63. The van der Waals surface area contributed by atoms with E-state index < -0.39 is 0 Å². The molecule has 3 rings (SSSR count). The summed E-state index contributed by atoms with van der Waals surface area (Å²) in [5.41, 5.74) is 0.626. The largest absolute Gasteiger partial charge is 0.501 e. The average Bonchev–Trinajstić information content (AvgIpc) is 2.91. The van der Waals surface area contributed by atoms with Crippen LogP contribution in [0.25, 0.3) is 0 Å². The van der Waals surface area contributed by atoms with Gasteiger partial charge in [-0.25, -0.2) is 4.58 Å². The summed E-state index contributed by atoms with van der Waals surface area (Å²) < 4.78 is 2.03. The highest BCUT2D eigenvalue weighted by Crippen LogP contribution is 2.24. The van der Waals surface area contributed by atoms with Gasteiger partial charge in [-0.15, -0.1) is 0 Å². The monoisotopic (exact) mass is 221 g/mol. The predicted octanol–water partition coefficient (Wildman–Crippen LogP) is -0.206. The molecule has 0 atom stereocenters. The van der Waals surface area contributed by atoms with E-state index >= 15 is 0 Å². The van der Waals surface area contributed by atoms with Crippen LogP contribution in [0.1, 0.15) is 25.7 Å². The molecular formula is C12H17N2O2+. The van der Waals surface area contributed by atoms with Gasteiger partial charge in [0.15, 0.2) is 0 Å². The highest BCUT2D eigenvalue weighted by atomic mass is 16.3. The molecule has 0 saturated carbocycles. The molecule has 2 fully saturated rings. The average molecular weight is 221 g/mol. The molecule has 2 aliphatic heterocycles. The van der Waals surface area contributed by atoms with Crippen molar-refractivity contribution in [2.24, 2.45) is 0 Å². The van der Waals surface area contributed by atoms with Crippen molar-refractivity contribution in [1.82, 2.24) is 4.58 Å². The summed E-state index contributed by atoms with van der Waals surface area (Å²) >= 11 is 0. The number of nitrogens with zero attached hydrogens (tertiary/aromatic N) is 2. The molecular weight excluding hydrogens is 204 g/mol. The Morgan fingerprint density at radius 2 is 1.69 bits per heavy atom. The molecule has 0 radical (unpaired) electrons. The fraction of sp³-hybridized carbons (Fsp3) is 0.667. The smallest absolute Gasteiger partial charge is 0.294 e. The number of hydrogen-bond donors (Lipinski definition) is 1. The molecule has 16 heavy (non-hydrogen) atoms. The Kier molecular flexibility index (Phi) is 2.23. The molecule has 0 spiro atoms. The van der Waals surface area contributed by atoms with Gasteiger partial charge in [-0.05, 0) is 12.8 Å². The van der Waals surface area contributed by atoms with Gasteiger partial charge in [-0.1, -0.05) is 0 Å². The van der Waals surface area contributed by atoms with Crippen molar-refractivity contribution in [3.63, 3.8) is 0 Å². The zero-order chi connectivity index (χ0) is 11.1. The fourth-order valence-electron chi connectivity index (χ4n) is 2.85. The van der Waals surface area contributed by atoms with E-state index in [1.165, 1.54) is 0 Å². The number of hydrogen-bond acceptors (Lipinski definition) is 3. The van der Waals surface area contributed by atoms with Crippen LogP contribution >= 0.6 is 0 Å². The maximum absolute atomic E-state index is 12.0. The van der Waals surface area contributed by atoms with Crippen molar-refractivity contribution in [2.45, 2.75) is 25.7 Å². The van der Waals surface area contributed by atoms with Gasteiger partial charge in [-0.2, -0.15) is 0 Å². The Balaban J connectivity index is 2.02. The van der Waals surface area contributed by atoms with Gasteiger partial charge < -0.3 is 10.0 Å². The van der Waals surface area contributed by atoms with E-state index in [1.807, 2.05) is 9.48 Å². The molecule has 0 bridgehead atoms. The topological polar surface area (TPSA) is 43.6 Å². The quantitative estimate of drug-likeness (QED) is 0.668. The molecule has 1 aromatic carbocycles. The van der Waals surface area contributed by atoms with E-state index in [2.05, 4.69) is 0 Å². The minimum absolute atomic E-state index is 0.0568. The summed E-state index contributed by atoms with van der Waals surface area (Å²) in [6, 6.07) is 0. The molecule has 86 valence electrons. The van der Waals surface area contributed by atoms with Crippen molar-refractivity contribution in [3.8, 4) is 5.75 Å². The minimum Gasteiger partial charge on any atom is -0.501 e. The highest BCUT2D eigenvalue weighted by Gasteiger charge is 2.32. The van der Waals surface area contributed by atoms with Crippen molar-refractivity contribution >= 4 is 5.69 Å². The molecule has 1 N–H and O–H groups in total. The second-order valence-electron chi connectivity index (χ2n) is 4.76. The molecule has 2 aliphatic rings. The molecule has 4 heteroatoms. The maximum atomic E-state index is 12.0. The van der Waals surface area contributed by atoms with Crippen molar-refractivity contribution in [3.05, 3.63) is 15.6 Å². The number of rotatable bonds is 1. The molecule has 2 saturated heterocycles. The molecule has 0 unspecified atom stereocenters. The second-order valence-corrected chi connectivity index (χ2v) is 4.76. The second kappa shape index (κ2) is 3.61. The number of aromatic hydroxyl groups is 1. The third-order valence-corrected chi connectivity index (χ3v) is 3.72. The van der Waals surface area contributed by atoms with Gasteiger partial charge in [0.05, 0.1) is 0 Å². The fourth-order valence-corrected chi connectivity index (χ4v) is 2.85. The van der Waals surface area contributed by atoms with Gasteiger partial charge in [0.25, 0.3) is 10.8 Å². The Hall–Kier alpha value is -1.32. The molecule has 0 aliphatic carbocycles. The zero-order valence-electron chi connectivity index (χ0n) is 9.41. The summed E-state index contributed by atoms with van der Waals surface area (Å²) in [6.45, 7) is 3.66. The van der Waals surface area contributed by atoms with E-state index in [1.54, 1.807) is 0 Å². The standard InChI is InChI=1S/C12H16N2O2/c15-11-9(13-5-1-2-6-13)12(16)10(11)14-7-3-4-8-14/h1-8H2/p+1. The van der Waals surface area contributed by atoms with E-state index in [4.69, 9.17) is 0 Å². The van der Waals surface area contributed by atoms with Crippen molar-refractivity contribution in [1.29, 1.82) is 0 Å². The molecule has 4 nitrogen and oxygen atoms in total. The predicted molar refractivity (Wildman–Crippen MR) is 62.4 cm³/mol. The molecule has 1 aromatic rings. The summed E-state index contributed by atoms with van der Waals surface area (Å²) in [5.74, 6) is 0.244. The van der Waals surface area contributed by atoms with E-state index in [0.29, 0.717) is 11.0 Å². The van der Waals surface area contributed by atoms with Crippen LogP contribution in [-0.4, -0.2) is 31.3 Å². The van der Waals surface area contributed by atoms with Crippen LogP contribution in [0.5, 0.6) is 5.75 Å². The molecule has 0 amide bonds. The van der Waals surface area contributed by atoms with Crippen molar-refractivity contribution in [2.75, 3.05) is 31.1 Å². The summed E-state index contributed by atoms with van der Waals surface area (Å²) in [6.07, 6.45) is 4.51. The first-order valence-electron chi connectivity index (χ1n) is 6.14. The Labute approximate surface area is 94.1 Å². The van der Waals surface area contributed by atoms with Gasteiger partial charge in [0, 0.05) is 25.9 Å². The first-order valence-corrected chi connectivity index (χ1v) is 6.14. The molecule has 2 heterocycles. The summed E-state index contributed by atoms with van der Waals surface area (Å²) in [7, 11) is 0. The van der Waals surface area contributed by atoms with Crippen LogP contribution in [0.2, 0.25) is 0 Å². The van der Waals surface area contributed by atoms with Gasteiger partial charge in [0.2, 0.25) is 5.75 Å². The first kappa shape index (κ1) is 9.87. The lowest BCUT2D eigenvalue weighted by Crippen LogP contribution is -2.47. The Morgan fingerprint density at radius 1 is 1.06 bits per heavy atom. The van der Waals surface area contributed by atoms with Crippen LogP contribution in [-0.2, 0) is 0 Å². The maximum Gasteiger partial charge on any atom is 0.294 e. The van der Waals surface area contributed by atoms with Crippen LogP contribution in [0.3, 0.4) is 0 Å². The Bertz CT molecular complexity index is 483. The third kappa shape index (κ3) is 1.29. The minimum atomic E-state index is 0.0568. The molecule has 0 aromatic heterocycles. The Morgan fingerprint density at radius 3 is 2.25 bits per heavy atom. The first-order chi connectivity index (χ1) is 7.79. The van der Waals surface area contributed by atoms with Crippen LogP contribution < -0.4 is 20.3 Å². The lowest BCUT2D eigenvalue weighted by Gasteiger charge is -2.19. The lowest BCUT2D eigenvalue weighted by atomic mass is 10.2. The SMILES string of the molecule is O=c1c(N2CCCC2)c(O)c1=[N+]1CCCC1. The van der Waals surface area contributed by atoms with Crippen LogP contribution in [0.4, 0.5) is 5.69 Å². The van der Waals surface area contributed by atoms with Gasteiger partial charge in [-0.3, -0.25) is 4.79 Å². The summed E-state index contributed by atoms with van der Waals surface area (Å²) in [5, 5.41) is 10.6. The van der Waals surface area contributed by atoms with E-state index in [0.717, 1.165) is 51.9 Å². The van der Waals surface area contributed by atoms with Crippen molar-refractivity contribution < 1.29 is 5.11 Å². The summed E-state index contributed by atoms with van der Waals surface area (Å²) in [4.78, 5) is 14.0. The number of anilines is 1. The van der Waals surface area contributed by atoms with Crippen LogP contribution in [0.15, 0.2) is 4.79 Å². The van der Waals surface area contributed by atoms with E-state index in [-0.39, 0.29) is 11.2 Å². The third-order valence-electron chi connectivity index (χ3n) is 3.72. The van der Waals surface area contributed by atoms with Crippen LogP contribution in [0, 0.1) is 0 Å². The normalized spacial score (nSPS) is 21.2. The van der Waals surface area contributed by atoms with Gasteiger partial charge in [0.1, 0.15) is 18.8 Å².